The number of aliphatic hydroxyl groups excluding tert-OH is 6. The number of benzene rings is 2. The van der Waals surface area contributed by atoms with Crippen LogP contribution in [0.1, 0.15) is 63.8 Å². The third-order valence-corrected chi connectivity index (χ3v) is 6.60. The van der Waals surface area contributed by atoms with E-state index in [9.17, 15) is 25.5 Å². The molecule has 0 aliphatic heterocycles. The minimum absolute atomic E-state index is 0.0495. The van der Waals surface area contributed by atoms with E-state index in [1.165, 1.54) is 5.56 Å². The van der Waals surface area contributed by atoms with Crippen LogP contribution in [0.5, 0.6) is 0 Å². The van der Waals surface area contributed by atoms with Crippen LogP contribution in [-0.2, 0) is 23.7 Å². The summed E-state index contributed by atoms with van der Waals surface area (Å²) in [5, 5.41) is 61.1. The quantitative estimate of drug-likeness (QED) is 0.272. The highest BCUT2D eigenvalue weighted by atomic mass is 16.4. The zero-order chi connectivity index (χ0) is 28.0. The van der Waals surface area contributed by atoms with Gasteiger partial charge in [0.25, 0.3) is 0 Å². The van der Waals surface area contributed by atoms with Crippen molar-refractivity contribution in [3.63, 3.8) is 0 Å². The Hall–Kier alpha value is -2.28. The lowest BCUT2D eigenvalue weighted by molar-refractivity contribution is -0.134. The molecule has 6 nitrogen and oxygen atoms in total. The SMILES string of the molecule is CC(C)(C)c1ccccc1CC=C=C(Cc1ccccc1C(C)(C)C)C(O)[C@@H](O)[C@@H](O)[C@H](O)[C@@H](O)CO. The van der Waals surface area contributed by atoms with Crippen LogP contribution < -0.4 is 0 Å². The van der Waals surface area contributed by atoms with E-state index < -0.39 is 37.1 Å². The first kappa shape index (κ1) is 30.9. The van der Waals surface area contributed by atoms with E-state index >= 15 is 0 Å². The van der Waals surface area contributed by atoms with Crippen LogP contribution in [-0.4, -0.2) is 67.8 Å². The molecule has 0 aliphatic carbocycles. The molecule has 0 heterocycles. The molecule has 6 heteroatoms. The van der Waals surface area contributed by atoms with Gasteiger partial charge in [-0.05, 0) is 45.6 Å². The van der Waals surface area contributed by atoms with Crippen LogP contribution in [0, 0.1) is 0 Å². The molecule has 0 aromatic heterocycles. The molecule has 2 aromatic carbocycles. The van der Waals surface area contributed by atoms with E-state index in [2.05, 4.69) is 59.4 Å². The molecule has 0 spiro atoms. The molecule has 37 heavy (non-hydrogen) atoms. The van der Waals surface area contributed by atoms with E-state index in [4.69, 9.17) is 5.11 Å². The minimum atomic E-state index is -1.88. The predicted octanol–water partition coefficient (Wildman–Crippen LogP) is 2.95. The normalized spacial score (nSPS) is 16.3. The van der Waals surface area contributed by atoms with E-state index in [-0.39, 0.29) is 17.3 Å². The first-order valence-corrected chi connectivity index (χ1v) is 12.8. The third kappa shape index (κ3) is 8.36. The lowest BCUT2D eigenvalue weighted by atomic mass is 9.81. The van der Waals surface area contributed by atoms with Crippen molar-refractivity contribution in [2.24, 2.45) is 0 Å². The fraction of sp³-hybridized carbons (Fsp3) is 0.516. The maximum Gasteiger partial charge on any atom is 0.113 e. The van der Waals surface area contributed by atoms with Crippen LogP contribution in [0.2, 0.25) is 0 Å². The molecular formula is C31H44O6. The van der Waals surface area contributed by atoms with Gasteiger partial charge in [0.1, 0.15) is 30.5 Å². The van der Waals surface area contributed by atoms with Crippen LogP contribution in [0.25, 0.3) is 0 Å². The summed E-state index contributed by atoms with van der Waals surface area (Å²) in [6.45, 7) is 11.9. The molecule has 0 bridgehead atoms. The summed E-state index contributed by atoms with van der Waals surface area (Å²) in [6, 6.07) is 16.0. The number of rotatable bonds is 10. The van der Waals surface area contributed by atoms with Crippen molar-refractivity contribution in [1.82, 2.24) is 0 Å². The zero-order valence-electron chi connectivity index (χ0n) is 22.9. The van der Waals surface area contributed by atoms with Crippen molar-refractivity contribution < 1.29 is 30.6 Å². The van der Waals surface area contributed by atoms with Crippen molar-refractivity contribution >= 4 is 0 Å². The summed E-state index contributed by atoms with van der Waals surface area (Å²) < 4.78 is 0. The summed E-state index contributed by atoms with van der Waals surface area (Å²) in [5.74, 6) is 0. The first-order valence-electron chi connectivity index (χ1n) is 12.8. The molecule has 0 aliphatic rings. The lowest BCUT2D eigenvalue weighted by Gasteiger charge is -2.30. The van der Waals surface area contributed by atoms with Crippen LogP contribution in [0.4, 0.5) is 0 Å². The number of hydrogen-bond donors (Lipinski definition) is 6. The average molecular weight is 513 g/mol. The third-order valence-electron chi connectivity index (χ3n) is 6.60. The molecule has 6 N–H and O–H groups in total. The first-order chi connectivity index (χ1) is 17.2. The van der Waals surface area contributed by atoms with Crippen LogP contribution in [0.15, 0.2) is 65.9 Å². The minimum Gasteiger partial charge on any atom is -0.394 e. The van der Waals surface area contributed by atoms with E-state index in [1.807, 2.05) is 36.4 Å². The second-order valence-electron chi connectivity index (χ2n) is 11.7. The average Bonchev–Trinajstić information content (AvgIpc) is 2.85. The summed E-state index contributed by atoms with van der Waals surface area (Å²) in [6.07, 6.45) is -6.14. The Morgan fingerprint density at radius 2 is 1.22 bits per heavy atom. The largest absolute Gasteiger partial charge is 0.394 e. The molecule has 204 valence electrons. The molecular weight excluding hydrogens is 468 g/mol. The maximum absolute atomic E-state index is 11.1. The van der Waals surface area contributed by atoms with Gasteiger partial charge >= 0.3 is 0 Å². The molecule has 1 unspecified atom stereocenters. The Balaban J connectivity index is 2.50. The van der Waals surface area contributed by atoms with Crippen molar-refractivity contribution in [3.8, 4) is 0 Å². The van der Waals surface area contributed by atoms with Gasteiger partial charge in [0, 0.05) is 12.0 Å². The topological polar surface area (TPSA) is 121 Å². The Labute approximate surface area is 221 Å². The molecule has 0 fully saturated rings. The molecule has 5 atom stereocenters. The van der Waals surface area contributed by atoms with Gasteiger partial charge in [-0.15, -0.1) is 5.73 Å². The van der Waals surface area contributed by atoms with Gasteiger partial charge in [-0.1, -0.05) is 90.1 Å². The van der Waals surface area contributed by atoms with Crippen molar-refractivity contribution in [3.05, 3.63) is 88.2 Å². The van der Waals surface area contributed by atoms with Gasteiger partial charge in [0.2, 0.25) is 0 Å². The Morgan fingerprint density at radius 3 is 1.73 bits per heavy atom. The number of aliphatic hydroxyl groups is 6. The second kappa shape index (κ2) is 13.0. The van der Waals surface area contributed by atoms with Gasteiger partial charge in [-0.3, -0.25) is 0 Å². The molecule has 0 radical (unpaired) electrons. The van der Waals surface area contributed by atoms with E-state index in [0.717, 1.165) is 16.7 Å². The summed E-state index contributed by atoms with van der Waals surface area (Å²) in [7, 11) is 0. The van der Waals surface area contributed by atoms with Gasteiger partial charge < -0.3 is 30.6 Å². The van der Waals surface area contributed by atoms with Crippen molar-refractivity contribution in [2.45, 2.75) is 95.7 Å². The van der Waals surface area contributed by atoms with Crippen LogP contribution in [0.3, 0.4) is 0 Å². The number of hydrogen-bond acceptors (Lipinski definition) is 6. The zero-order valence-corrected chi connectivity index (χ0v) is 22.9. The molecule has 2 aromatic rings. The monoisotopic (exact) mass is 512 g/mol. The molecule has 0 saturated heterocycles. The highest BCUT2D eigenvalue weighted by Gasteiger charge is 2.35. The maximum atomic E-state index is 11.1. The molecule has 0 saturated carbocycles. The van der Waals surface area contributed by atoms with Crippen molar-refractivity contribution in [1.29, 1.82) is 0 Å². The second-order valence-corrected chi connectivity index (χ2v) is 11.7. The highest BCUT2D eigenvalue weighted by Crippen LogP contribution is 2.29. The summed E-state index contributed by atoms with van der Waals surface area (Å²) in [4.78, 5) is 0. The summed E-state index contributed by atoms with van der Waals surface area (Å²) in [5.41, 5.74) is 7.62. The lowest BCUT2D eigenvalue weighted by Crippen LogP contribution is -2.50. The summed E-state index contributed by atoms with van der Waals surface area (Å²) >= 11 is 0. The fourth-order valence-electron chi connectivity index (χ4n) is 4.50. The Morgan fingerprint density at radius 1 is 0.730 bits per heavy atom. The van der Waals surface area contributed by atoms with Crippen LogP contribution >= 0.6 is 0 Å². The van der Waals surface area contributed by atoms with Gasteiger partial charge in [-0.2, -0.15) is 0 Å². The fourth-order valence-corrected chi connectivity index (χ4v) is 4.50. The smallest absolute Gasteiger partial charge is 0.113 e. The van der Waals surface area contributed by atoms with Gasteiger partial charge in [0.15, 0.2) is 0 Å². The Kier molecular flexibility index (Phi) is 10.9. The van der Waals surface area contributed by atoms with Gasteiger partial charge in [0.05, 0.1) is 6.61 Å². The molecule has 2 rings (SSSR count). The highest BCUT2D eigenvalue weighted by molar-refractivity contribution is 5.37. The molecule has 0 amide bonds. The van der Waals surface area contributed by atoms with Crippen molar-refractivity contribution in [2.75, 3.05) is 6.61 Å². The van der Waals surface area contributed by atoms with Gasteiger partial charge in [-0.25, -0.2) is 0 Å². The predicted molar refractivity (Wildman–Crippen MR) is 146 cm³/mol. The Bertz CT molecular complexity index is 1070. The van der Waals surface area contributed by atoms with E-state index in [0.29, 0.717) is 12.0 Å². The standard InChI is InChI=1S/C31H44O6/c1-30(2,3)23-16-9-7-12-20(23)14-11-15-22(18-21-13-8-10-17-24(21)31(4,5)6)26(34)28(36)29(37)27(35)25(33)19-32/h7-13,16-17,25-29,32-37H,14,18-19H2,1-6H3/t15?,25-,26?,27+,28+,29-/m0/s1. The van der Waals surface area contributed by atoms with E-state index in [1.54, 1.807) is 6.08 Å².